The molecule has 0 aliphatic heterocycles. The summed E-state index contributed by atoms with van der Waals surface area (Å²) in [6.45, 7) is 4.39. The minimum atomic E-state index is -0.137. The SMILES string of the molecule is C#CCC(CCCCC)C(=O)OCC. The Hall–Kier alpha value is -0.970. The van der Waals surface area contributed by atoms with Crippen molar-refractivity contribution in [3.8, 4) is 12.3 Å². The van der Waals surface area contributed by atoms with Gasteiger partial charge in [-0.15, -0.1) is 12.3 Å². The molecule has 0 radical (unpaired) electrons. The molecule has 14 heavy (non-hydrogen) atoms. The van der Waals surface area contributed by atoms with Crippen LogP contribution in [0.2, 0.25) is 0 Å². The predicted molar refractivity (Wildman–Crippen MR) is 57.7 cm³/mol. The van der Waals surface area contributed by atoms with Crippen LogP contribution >= 0.6 is 0 Å². The molecule has 0 heterocycles. The summed E-state index contributed by atoms with van der Waals surface area (Å²) in [5.41, 5.74) is 0. The highest BCUT2D eigenvalue weighted by atomic mass is 16.5. The molecule has 0 aromatic rings. The van der Waals surface area contributed by atoms with Crippen molar-refractivity contribution in [3.05, 3.63) is 0 Å². The van der Waals surface area contributed by atoms with Crippen LogP contribution in [-0.2, 0) is 9.53 Å². The van der Waals surface area contributed by atoms with Crippen molar-refractivity contribution in [2.24, 2.45) is 5.92 Å². The normalized spacial score (nSPS) is 11.8. The lowest BCUT2D eigenvalue weighted by Crippen LogP contribution is -2.17. The van der Waals surface area contributed by atoms with E-state index >= 15 is 0 Å². The van der Waals surface area contributed by atoms with Crippen LogP contribution in [0.5, 0.6) is 0 Å². The third-order valence-electron chi connectivity index (χ3n) is 2.14. The van der Waals surface area contributed by atoms with Crippen molar-refractivity contribution in [3.63, 3.8) is 0 Å². The Kier molecular flexibility index (Phi) is 8.02. The molecule has 0 amide bonds. The Morgan fingerprint density at radius 1 is 1.43 bits per heavy atom. The zero-order valence-corrected chi connectivity index (χ0v) is 9.21. The molecule has 0 spiro atoms. The summed E-state index contributed by atoms with van der Waals surface area (Å²) < 4.78 is 4.95. The summed E-state index contributed by atoms with van der Waals surface area (Å²) in [7, 11) is 0. The third-order valence-corrected chi connectivity index (χ3v) is 2.14. The Morgan fingerprint density at radius 3 is 2.64 bits per heavy atom. The van der Waals surface area contributed by atoms with E-state index in [1.807, 2.05) is 6.92 Å². The van der Waals surface area contributed by atoms with E-state index in [9.17, 15) is 4.79 Å². The van der Waals surface area contributed by atoms with E-state index in [-0.39, 0.29) is 11.9 Å². The van der Waals surface area contributed by atoms with E-state index in [4.69, 9.17) is 11.2 Å². The van der Waals surface area contributed by atoms with Gasteiger partial charge in [-0.1, -0.05) is 26.2 Å². The Balaban J connectivity index is 3.88. The highest BCUT2D eigenvalue weighted by molar-refractivity contribution is 5.72. The van der Waals surface area contributed by atoms with Gasteiger partial charge in [0.1, 0.15) is 0 Å². The molecule has 0 fully saturated rings. The summed E-state index contributed by atoms with van der Waals surface area (Å²) in [4.78, 5) is 11.4. The topological polar surface area (TPSA) is 26.3 Å². The lowest BCUT2D eigenvalue weighted by molar-refractivity contribution is -0.148. The molecule has 0 saturated heterocycles. The predicted octanol–water partition coefficient (Wildman–Crippen LogP) is 2.77. The second-order valence-electron chi connectivity index (χ2n) is 3.35. The third kappa shape index (κ3) is 5.64. The molecule has 1 atom stereocenters. The first-order chi connectivity index (χ1) is 6.76. The fourth-order valence-corrected chi connectivity index (χ4v) is 1.35. The van der Waals surface area contributed by atoms with Gasteiger partial charge in [-0.3, -0.25) is 4.79 Å². The van der Waals surface area contributed by atoms with Crippen molar-refractivity contribution < 1.29 is 9.53 Å². The smallest absolute Gasteiger partial charge is 0.309 e. The molecule has 0 saturated carbocycles. The second-order valence-corrected chi connectivity index (χ2v) is 3.35. The van der Waals surface area contributed by atoms with Crippen LogP contribution in [-0.4, -0.2) is 12.6 Å². The average Bonchev–Trinajstić information content (AvgIpc) is 2.17. The molecule has 0 aromatic heterocycles. The number of ether oxygens (including phenoxy) is 1. The number of carbonyl (C=O) groups is 1. The maximum atomic E-state index is 11.4. The summed E-state index contributed by atoms with van der Waals surface area (Å²) in [6.07, 6.45) is 9.94. The summed E-state index contributed by atoms with van der Waals surface area (Å²) >= 11 is 0. The number of rotatable bonds is 7. The fraction of sp³-hybridized carbons (Fsp3) is 0.750. The first-order valence-corrected chi connectivity index (χ1v) is 5.36. The van der Waals surface area contributed by atoms with Crippen molar-refractivity contribution in [1.29, 1.82) is 0 Å². The van der Waals surface area contributed by atoms with Gasteiger partial charge in [0.25, 0.3) is 0 Å². The van der Waals surface area contributed by atoms with E-state index in [1.54, 1.807) is 0 Å². The van der Waals surface area contributed by atoms with Crippen LogP contribution in [0.1, 0.15) is 46.0 Å². The standard InChI is InChI=1S/C12H20O2/c1-4-7-8-10-11(9-5-2)12(13)14-6-3/h2,11H,4,6-10H2,1,3H3. The van der Waals surface area contributed by atoms with E-state index < -0.39 is 0 Å². The summed E-state index contributed by atoms with van der Waals surface area (Å²) in [6, 6.07) is 0. The second kappa shape index (κ2) is 8.62. The number of hydrogen-bond donors (Lipinski definition) is 0. The Labute approximate surface area is 87.0 Å². The van der Waals surface area contributed by atoms with Crippen LogP contribution in [0.4, 0.5) is 0 Å². The van der Waals surface area contributed by atoms with Gasteiger partial charge in [-0.05, 0) is 13.3 Å². The Bertz CT molecular complexity index is 191. The molecule has 80 valence electrons. The van der Waals surface area contributed by atoms with Crippen molar-refractivity contribution >= 4 is 5.97 Å². The van der Waals surface area contributed by atoms with Gasteiger partial charge < -0.3 is 4.74 Å². The molecular formula is C12H20O2. The molecule has 0 aliphatic carbocycles. The van der Waals surface area contributed by atoms with E-state index in [0.717, 1.165) is 25.7 Å². The van der Waals surface area contributed by atoms with Gasteiger partial charge in [-0.25, -0.2) is 0 Å². The van der Waals surface area contributed by atoms with Crippen LogP contribution in [0, 0.1) is 18.3 Å². The zero-order chi connectivity index (χ0) is 10.8. The number of carbonyl (C=O) groups excluding carboxylic acids is 1. The number of unbranched alkanes of at least 4 members (excludes halogenated alkanes) is 2. The largest absolute Gasteiger partial charge is 0.466 e. The van der Waals surface area contributed by atoms with Crippen molar-refractivity contribution in [2.75, 3.05) is 6.61 Å². The van der Waals surface area contributed by atoms with Gasteiger partial charge >= 0.3 is 5.97 Å². The minimum absolute atomic E-state index is 0.0912. The molecule has 0 rings (SSSR count). The first kappa shape index (κ1) is 13.0. The average molecular weight is 196 g/mol. The molecule has 0 N–H and O–H groups in total. The van der Waals surface area contributed by atoms with Gasteiger partial charge in [0, 0.05) is 6.42 Å². The Morgan fingerprint density at radius 2 is 2.14 bits per heavy atom. The van der Waals surface area contributed by atoms with Crippen LogP contribution in [0.25, 0.3) is 0 Å². The van der Waals surface area contributed by atoms with E-state index in [0.29, 0.717) is 13.0 Å². The summed E-state index contributed by atoms with van der Waals surface area (Å²) in [5, 5.41) is 0. The molecule has 0 bridgehead atoms. The van der Waals surface area contributed by atoms with Gasteiger partial charge in [0.2, 0.25) is 0 Å². The lowest BCUT2D eigenvalue weighted by Gasteiger charge is -2.12. The van der Waals surface area contributed by atoms with Gasteiger partial charge in [-0.2, -0.15) is 0 Å². The molecule has 2 heteroatoms. The minimum Gasteiger partial charge on any atom is -0.466 e. The van der Waals surface area contributed by atoms with Crippen LogP contribution in [0.15, 0.2) is 0 Å². The zero-order valence-electron chi connectivity index (χ0n) is 9.21. The monoisotopic (exact) mass is 196 g/mol. The maximum Gasteiger partial charge on any atom is 0.309 e. The lowest BCUT2D eigenvalue weighted by atomic mass is 9.98. The highest BCUT2D eigenvalue weighted by Gasteiger charge is 2.17. The van der Waals surface area contributed by atoms with Crippen molar-refractivity contribution in [2.45, 2.75) is 46.0 Å². The van der Waals surface area contributed by atoms with Crippen LogP contribution in [0.3, 0.4) is 0 Å². The highest BCUT2D eigenvalue weighted by Crippen LogP contribution is 2.15. The van der Waals surface area contributed by atoms with Crippen molar-refractivity contribution in [1.82, 2.24) is 0 Å². The van der Waals surface area contributed by atoms with Gasteiger partial charge in [0.15, 0.2) is 0 Å². The molecular weight excluding hydrogens is 176 g/mol. The number of esters is 1. The number of hydrogen-bond acceptors (Lipinski definition) is 2. The molecule has 2 nitrogen and oxygen atoms in total. The number of terminal acetylenes is 1. The molecule has 1 unspecified atom stereocenters. The quantitative estimate of drug-likeness (QED) is 0.355. The first-order valence-electron chi connectivity index (χ1n) is 5.36. The molecule has 0 aromatic carbocycles. The maximum absolute atomic E-state index is 11.4. The van der Waals surface area contributed by atoms with E-state index in [2.05, 4.69) is 12.8 Å². The van der Waals surface area contributed by atoms with E-state index in [1.165, 1.54) is 0 Å². The molecule has 0 aliphatic rings. The van der Waals surface area contributed by atoms with Gasteiger partial charge in [0.05, 0.1) is 12.5 Å². The summed E-state index contributed by atoms with van der Waals surface area (Å²) in [5.74, 6) is 2.30. The fourth-order valence-electron chi connectivity index (χ4n) is 1.35. The van der Waals surface area contributed by atoms with Crippen LogP contribution < -0.4 is 0 Å².